The Morgan fingerprint density at radius 1 is 1.30 bits per heavy atom. The molecule has 2 atom stereocenters. The van der Waals surface area contributed by atoms with E-state index in [2.05, 4.69) is 53.5 Å². The molecule has 0 saturated carbocycles. The molecule has 1 N–H and O–H groups in total. The molecular weight excluding hydrogens is 246 g/mol. The van der Waals surface area contributed by atoms with E-state index < -0.39 is 0 Å². The fraction of sp³-hybridized carbons (Fsp3) is 0.647. The van der Waals surface area contributed by atoms with E-state index in [0.29, 0.717) is 6.04 Å². The van der Waals surface area contributed by atoms with Crippen molar-refractivity contribution in [1.82, 2.24) is 9.80 Å². The van der Waals surface area contributed by atoms with Gasteiger partial charge < -0.3 is 15.1 Å². The van der Waals surface area contributed by atoms with E-state index in [1.165, 1.54) is 50.0 Å². The lowest BCUT2D eigenvalue weighted by Gasteiger charge is -2.31. The van der Waals surface area contributed by atoms with Crippen LogP contribution >= 0.6 is 0 Å². The van der Waals surface area contributed by atoms with E-state index in [0.717, 1.165) is 12.6 Å². The quantitative estimate of drug-likeness (QED) is 0.912. The highest BCUT2D eigenvalue weighted by Gasteiger charge is 2.26. The van der Waals surface area contributed by atoms with Crippen molar-refractivity contribution in [2.45, 2.75) is 37.8 Å². The van der Waals surface area contributed by atoms with E-state index in [4.69, 9.17) is 0 Å². The van der Waals surface area contributed by atoms with Gasteiger partial charge in [-0.2, -0.15) is 0 Å². The largest absolute Gasteiger partial charge is 0.383 e. The normalized spacial score (nSPS) is 27.1. The van der Waals surface area contributed by atoms with E-state index in [9.17, 15) is 0 Å². The number of rotatable bonds is 3. The molecule has 20 heavy (non-hydrogen) atoms. The van der Waals surface area contributed by atoms with E-state index in [1.807, 2.05) is 0 Å². The molecule has 1 saturated heterocycles. The number of anilines is 1. The first-order chi connectivity index (χ1) is 9.74. The van der Waals surface area contributed by atoms with Crippen molar-refractivity contribution in [3.05, 3.63) is 29.8 Å². The van der Waals surface area contributed by atoms with Crippen LogP contribution in [-0.4, -0.2) is 55.6 Å². The Morgan fingerprint density at radius 3 is 2.95 bits per heavy atom. The van der Waals surface area contributed by atoms with Gasteiger partial charge in [-0.3, -0.25) is 0 Å². The van der Waals surface area contributed by atoms with Crippen molar-refractivity contribution >= 4 is 5.69 Å². The standard InChI is InChI=1S/C17H27N3/c1-19-11-5-7-16(19)13-20(2)15-10-9-14-6-3-4-8-17(14)18-12-15/h3-4,6,8,15-16,18H,5,7,9-13H2,1-2H3. The number of nitrogens with zero attached hydrogens (tertiary/aromatic N) is 2. The van der Waals surface area contributed by atoms with Gasteiger partial charge in [0.05, 0.1) is 0 Å². The molecule has 1 aromatic carbocycles. The molecule has 2 aliphatic rings. The Hall–Kier alpha value is -1.06. The molecule has 0 aliphatic carbocycles. The molecule has 1 fully saturated rings. The van der Waals surface area contributed by atoms with Crippen LogP contribution in [0.3, 0.4) is 0 Å². The number of para-hydroxylation sites is 1. The second kappa shape index (κ2) is 6.15. The number of likely N-dealkylation sites (N-methyl/N-ethyl adjacent to an activating group) is 2. The van der Waals surface area contributed by atoms with Gasteiger partial charge >= 0.3 is 0 Å². The zero-order valence-electron chi connectivity index (χ0n) is 12.8. The van der Waals surface area contributed by atoms with Gasteiger partial charge in [0.15, 0.2) is 0 Å². The van der Waals surface area contributed by atoms with Crippen molar-refractivity contribution < 1.29 is 0 Å². The number of nitrogens with one attached hydrogen (secondary N) is 1. The second-order valence-corrected chi connectivity index (χ2v) is 6.45. The number of benzene rings is 1. The Kier molecular flexibility index (Phi) is 4.27. The lowest BCUT2D eigenvalue weighted by Crippen LogP contribution is -2.44. The predicted octanol–water partition coefficient (Wildman–Crippen LogP) is 2.44. The summed E-state index contributed by atoms with van der Waals surface area (Å²) in [6.45, 7) is 3.55. The van der Waals surface area contributed by atoms with Crippen LogP contribution < -0.4 is 5.32 Å². The highest BCUT2D eigenvalue weighted by atomic mass is 15.2. The minimum atomic E-state index is 0.649. The van der Waals surface area contributed by atoms with Crippen molar-refractivity contribution in [2.75, 3.05) is 39.0 Å². The summed E-state index contributed by atoms with van der Waals surface area (Å²) >= 11 is 0. The second-order valence-electron chi connectivity index (χ2n) is 6.45. The van der Waals surface area contributed by atoms with Gasteiger partial charge in [0.1, 0.15) is 0 Å². The SMILES string of the molecule is CN1CCCC1CN(C)C1CCc2ccccc2NC1. The Bertz CT molecular complexity index is 419. The number of hydrogen-bond donors (Lipinski definition) is 1. The van der Waals surface area contributed by atoms with Crippen LogP contribution in [0.1, 0.15) is 24.8 Å². The smallest absolute Gasteiger partial charge is 0.0373 e. The molecule has 3 nitrogen and oxygen atoms in total. The first-order valence-corrected chi connectivity index (χ1v) is 7.96. The maximum absolute atomic E-state index is 3.64. The van der Waals surface area contributed by atoms with Crippen LogP contribution in [0.25, 0.3) is 0 Å². The third kappa shape index (κ3) is 2.99. The van der Waals surface area contributed by atoms with E-state index in [1.54, 1.807) is 0 Å². The Balaban J connectivity index is 1.59. The van der Waals surface area contributed by atoms with Crippen LogP contribution in [0, 0.1) is 0 Å². The molecule has 0 aromatic heterocycles. The van der Waals surface area contributed by atoms with Gasteiger partial charge in [-0.25, -0.2) is 0 Å². The minimum Gasteiger partial charge on any atom is -0.383 e. The molecule has 2 heterocycles. The summed E-state index contributed by atoms with van der Waals surface area (Å²) in [5.74, 6) is 0. The van der Waals surface area contributed by atoms with Gasteiger partial charge in [0.2, 0.25) is 0 Å². The summed E-state index contributed by atoms with van der Waals surface area (Å²) in [7, 11) is 4.57. The lowest BCUT2D eigenvalue weighted by atomic mass is 10.0. The van der Waals surface area contributed by atoms with Crippen LogP contribution in [-0.2, 0) is 6.42 Å². The predicted molar refractivity (Wildman–Crippen MR) is 85.3 cm³/mol. The molecule has 2 unspecified atom stereocenters. The van der Waals surface area contributed by atoms with Gasteiger partial charge in [0.25, 0.3) is 0 Å². The monoisotopic (exact) mass is 273 g/mol. The summed E-state index contributed by atoms with van der Waals surface area (Å²) in [6.07, 6.45) is 5.18. The maximum atomic E-state index is 3.64. The third-order valence-electron chi connectivity index (χ3n) is 5.09. The van der Waals surface area contributed by atoms with Crippen molar-refractivity contribution in [3.8, 4) is 0 Å². The first-order valence-electron chi connectivity index (χ1n) is 7.96. The molecule has 3 rings (SSSR count). The molecule has 110 valence electrons. The molecule has 2 aliphatic heterocycles. The summed E-state index contributed by atoms with van der Waals surface area (Å²) in [6, 6.07) is 10.2. The van der Waals surface area contributed by atoms with Crippen molar-refractivity contribution in [2.24, 2.45) is 0 Å². The first kappa shape index (κ1) is 13.9. The van der Waals surface area contributed by atoms with Gasteiger partial charge in [0, 0.05) is 30.9 Å². The van der Waals surface area contributed by atoms with Crippen molar-refractivity contribution in [1.29, 1.82) is 0 Å². The van der Waals surface area contributed by atoms with Crippen molar-refractivity contribution in [3.63, 3.8) is 0 Å². The lowest BCUT2D eigenvalue weighted by molar-refractivity contribution is 0.176. The van der Waals surface area contributed by atoms with Crippen LogP contribution in [0.2, 0.25) is 0 Å². The fourth-order valence-corrected chi connectivity index (χ4v) is 3.63. The van der Waals surface area contributed by atoms with Crippen LogP contribution in [0.5, 0.6) is 0 Å². The van der Waals surface area contributed by atoms with Crippen LogP contribution in [0.15, 0.2) is 24.3 Å². The molecule has 0 bridgehead atoms. The fourth-order valence-electron chi connectivity index (χ4n) is 3.63. The summed E-state index contributed by atoms with van der Waals surface area (Å²) in [4.78, 5) is 5.10. The molecule has 0 radical (unpaired) electrons. The van der Waals surface area contributed by atoms with Gasteiger partial charge in [-0.05, 0) is 58.0 Å². The topological polar surface area (TPSA) is 18.5 Å². The molecule has 0 amide bonds. The minimum absolute atomic E-state index is 0.649. The zero-order chi connectivity index (χ0) is 13.9. The summed E-state index contributed by atoms with van der Waals surface area (Å²) in [5.41, 5.74) is 2.81. The average Bonchev–Trinajstić information content (AvgIpc) is 2.75. The number of fused-ring (bicyclic) bond motifs is 1. The Morgan fingerprint density at radius 2 is 2.15 bits per heavy atom. The zero-order valence-corrected chi connectivity index (χ0v) is 12.8. The van der Waals surface area contributed by atoms with E-state index >= 15 is 0 Å². The van der Waals surface area contributed by atoms with Crippen LogP contribution in [0.4, 0.5) is 5.69 Å². The highest BCUT2D eigenvalue weighted by molar-refractivity contribution is 5.52. The Labute approximate surface area is 123 Å². The number of likely N-dealkylation sites (tertiary alicyclic amines) is 1. The van der Waals surface area contributed by atoms with Gasteiger partial charge in [-0.15, -0.1) is 0 Å². The van der Waals surface area contributed by atoms with Gasteiger partial charge in [-0.1, -0.05) is 18.2 Å². The number of hydrogen-bond acceptors (Lipinski definition) is 3. The highest BCUT2D eigenvalue weighted by Crippen LogP contribution is 2.23. The molecule has 1 aromatic rings. The molecular formula is C17H27N3. The third-order valence-corrected chi connectivity index (χ3v) is 5.09. The summed E-state index contributed by atoms with van der Waals surface area (Å²) < 4.78 is 0. The maximum Gasteiger partial charge on any atom is 0.0373 e. The number of aryl methyl sites for hydroxylation is 1. The average molecular weight is 273 g/mol. The molecule has 0 spiro atoms. The van der Waals surface area contributed by atoms with E-state index in [-0.39, 0.29) is 0 Å². The summed E-state index contributed by atoms with van der Waals surface area (Å²) in [5, 5.41) is 3.64. The molecule has 3 heteroatoms.